The molecule has 1 aliphatic heterocycles. The minimum absolute atomic E-state index is 0.117. The number of carboxylic acids is 1. The second-order valence-corrected chi connectivity index (χ2v) is 8.41. The third-order valence-corrected chi connectivity index (χ3v) is 6.09. The Morgan fingerprint density at radius 3 is 2.64 bits per heavy atom. The van der Waals surface area contributed by atoms with E-state index in [1.807, 2.05) is 55.5 Å². The summed E-state index contributed by atoms with van der Waals surface area (Å²) in [5.41, 5.74) is 4.35. The van der Waals surface area contributed by atoms with E-state index in [0.29, 0.717) is 18.0 Å². The van der Waals surface area contributed by atoms with Crippen LogP contribution in [0.3, 0.4) is 0 Å². The van der Waals surface area contributed by atoms with E-state index in [9.17, 15) is 9.59 Å². The molecule has 0 bridgehead atoms. The number of hydrogen-bond donors (Lipinski definition) is 1. The Balaban J connectivity index is 1.63. The van der Waals surface area contributed by atoms with Crippen molar-refractivity contribution < 1.29 is 19.4 Å². The lowest BCUT2D eigenvalue weighted by molar-refractivity contribution is -0.141. The second-order valence-electron chi connectivity index (χ2n) is 8.05. The summed E-state index contributed by atoms with van der Waals surface area (Å²) in [5, 5.41) is 16.4. The standard InChI is InChI=1S/C25H24ClN3O4/c1-15-4-3-5-17-12-18(25(26)27-24(15)17)13-19-14-21(16-6-8-20(33-2)9-7-16)28-29(19)22(30)10-11-23(31)32/h3-9,12,19H,10-11,13-14H2,1-2H3,(H,31,32). The SMILES string of the molecule is COc1ccc(C2=NN(C(=O)CCC(=O)O)C(Cc3cc4cccc(C)c4nc3Cl)C2)cc1. The third-order valence-electron chi connectivity index (χ3n) is 5.76. The molecule has 7 nitrogen and oxygen atoms in total. The van der Waals surface area contributed by atoms with Crippen molar-refractivity contribution in [2.45, 2.75) is 38.6 Å². The van der Waals surface area contributed by atoms with Crippen molar-refractivity contribution in [1.29, 1.82) is 0 Å². The fraction of sp³-hybridized carbons (Fsp3) is 0.280. The molecule has 0 radical (unpaired) electrons. The maximum atomic E-state index is 12.9. The maximum absolute atomic E-state index is 12.9. The molecule has 1 aromatic heterocycles. The molecule has 0 saturated carbocycles. The minimum Gasteiger partial charge on any atom is -0.497 e. The van der Waals surface area contributed by atoms with E-state index in [1.165, 1.54) is 5.01 Å². The quantitative estimate of drug-likeness (QED) is 0.514. The molecule has 2 heterocycles. The minimum atomic E-state index is -1.02. The van der Waals surface area contributed by atoms with Crippen LogP contribution in [0.4, 0.5) is 0 Å². The molecular weight excluding hydrogens is 442 g/mol. The molecule has 0 fully saturated rings. The first kappa shape index (κ1) is 22.7. The molecule has 1 atom stereocenters. The van der Waals surface area contributed by atoms with Crippen LogP contribution >= 0.6 is 11.6 Å². The van der Waals surface area contributed by atoms with Crippen molar-refractivity contribution in [3.8, 4) is 5.75 Å². The maximum Gasteiger partial charge on any atom is 0.303 e. The molecule has 33 heavy (non-hydrogen) atoms. The summed E-state index contributed by atoms with van der Waals surface area (Å²) in [5.74, 6) is -0.616. The van der Waals surface area contributed by atoms with Gasteiger partial charge in [0.15, 0.2) is 0 Å². The number of para-hydroxylation sites is 1. The van der Waals surface area contributed by atoms with Gasteiger partial charge in [0.1, 0.15) is 10.9 Å². The van der Waals surface area contributed by atoms with Gasteiger partial charge in [-0.25, -0.2) is 9.99 Å². The first-order valence-electron chi connectivity index (χ1n) is 10.7. The van der Waals surface area contributed by atoms with Crippen LogP contribution in [0.2, 0.25) is 5.15 Å². The number of rotatable bonds is 7. The van der Waals surface area contributed by atoms with E-state index >= 15 is 0 Å². The molecule has 1 unspecified atom stereocenters. The highest BCUT2D eigenvalue weighted by Gasteiger charge is 2.32. The van der Waals surface area contributed by atoms with Gasteiger partial charge in [-0.15, -0.1) is 0 Å². The van der Waals surface area contributed by atoms with Crippen LogP contribution in [0.1, 0.15) is 36.0 Å². The molecular formula is C25H24ClN3O4. The van der Waals surface area contributed by atoms with Crippen molar-refractivity contribution in [2.75, 3.05) is 7.11 Å². The van der Waals surface area contributed by atoms with Gasteiger partial charge in [-0.05, 0) is 60.4 Å². The molecule has 1 aliphatic rings. The number of halogens is 1. The Morgan fingerprint density at radius 2 is 1.94 bits per heavy atom. The second kappa shape index (κ2) is 9.58. The number of fused-ring (bicyclic) bond motifs is 1. The lowest BCUT2D eigenvalue weighted by Crippen LogP contribution is -2.34. The number of aryl methyl sites for hydroxylation is 1. The van der Waals surface area contributed by atoms with Gasteiger partial charge in [0.25, 0.3) is 0 Å². The van der Waals surface area contributed by atoms with Gasteiger partial charge in [0.2, 0.25) is 5.91 Å². The number of carbonyl (C=O) groups is 2. The van der Waals surface area contributed by atoms with Gasteiger partial charge in [-0.2, -0.15) is 5.10 Å². The molecule has 0 spiro atoms. The zero-order chi connectivity index (χ0) is 23.5. The Bertz CT molecular complexity index is 1240. The average Bonchev–Trinajstić information content (AvgIpc) is 3.22. The number of aliphatic carboxylic acids is 1. The number of nitrogens with zero attached hydrogens (tertiary/aromatic N) is 3. The van der Waals surface area contributed by atoms with Gasteiger partial charge in [-0.1, -0.05) is 29.8 Å². The topological polar surface area (TPSA) is 92.1 Å². The lowest BCUT2D eigenvalue weighted by atomic mass is 9.98. The zero-order valence-electron chi connectivity index (χ0n) is 18.4. The molecule has 0 aliphatic carbocycles. The number of ether oxygens (including phenoxy) is 1. The number of aromatic nitrogens is 1. The van der Waals surface area contributed by atoms with Crippen LogP contribution in [-0.2, 0) is 16.0 Å². The Morgan fingerprint density at radius 1 is 1.18 bits per heavy atom. The fourth-order valence-corrected chi connectivity index (χ4v) is 4.25. The number of hydrogen-bond acceptors (Lipinski definition) is 5. The number of amides is 1. The molecule has 8 heteroatoms. The van der Waals surface area contributed by atoms with E-state index in [-0.39, 0.29) is 24.8 Å². The van der Waals surface area contributed by atoms with Crippen LogP contribution < -0.4 is 4.74 Å². The summed E-state index contributed by atoms with van der Waals surface area (Å²) >= 11 is 6.53. The van der Waals surface area contributed by atoms with Crippen molar-refractivity contribution in [3.05, 3.63) is 70.4 Å². The predicted octanol–water partition coefficient (Wildman–Crippen LogP) is 4.62. The van der Waals surface area contributed by atoms with Gasteiger partial charge in [-0.3, -0.25) is 9.59 Å². The van der Waals surface area contributed by atoms with Crippen molar-refractivity contribution in [2.24, 2.45) is 5.10 Å². The van der Waals surface area contributed by atoms with Crippen LogP contribution in [0.5, 0.6) is 5.75 Å². The van der Waals surface area contributed by atoms with E-state index in [2.05, 4.69) is 10.1 Å². The van der Waals surface area contributed by atoms with E-state index in [4.69, 9.17) is 21.4 Å². The normalized spacial score (nSPS) is 15.5. The monoisotopic (exact) mass is 465 g/mol. The lowest BCUT2D eigenvalue weighted by Gasteiger charge is -2.22. The molecule has 0 saturated heterocycles. The molecule has 1 amide bonds. The van der Waals surface area contributed by atoms with Crippen LogP contribution in [0, 0.1) is 6.92 Å². The van der Waals surface area contributed by atoms with Crippen molar-refractivity contribution in [3.63, 3.8) is 0 Å². The fourth-order valence-electron chi connectivity index (χ4n) is 4.03. The van der Waals surface area contributed by atoms with Gasteiger partial charge >= 0.3 is 5.97 Å². The number of hydrazone groups is 1. The van der Waals surface area contributed by atoms with Gasteiger partial charge in [0, 0.05) is 18.2 Å². The highest BCUT2D eigenvalue weighted by molar-refractivity contribution is 6.30. The highest BCUT2D eigenvalue weighted by atomic mass is 35.5. The average molecular weight is 466 g/mol. The summed E-state index contributed by atoms with van der Waals surface area (Å²) < 4.78 is 5.22. The van der Waals surface area contributed by atoms with Gasteiger partial charge < -0.3 is 9.84 Å². The Kier molecular flexibility index (Phi) is 6.60. The number of methoxy groups -OCH3 is 1. The van der Waals surface area contributed by atoms with Gasteiger partial charge in [0.05, 0.1) is 30.8 Å². The largest absolute Gasteiger partial charge is 0.497 e. The Labute approximate surface area is 196 Å². The first-order chi connectivity index (χ1) is 15.9. The summed E-state index contributed by atoms with van der Waals surface area (Å²) in [6.07, 6.45) is 0.617. The number of carboxylic acid groups (broad SMARTS) is 1. The molecule has 2 aromatic carbocycles. The third kappa shape index (κ3) is 4.98. The number of benzene rings is 2. The van der Waals surface area contributed by atoms with Crippen LogP contribution in [0.25, 0.3) is 10.9 Å². The summed E-state index contributed by atoms with van der Waals surface area (Å²) in [4.78, 5) is 28.4. The zero-order valence-corrected chi connectivity index (χ0v) is 19.2. The van der Waals surface area contributed by atoms with Crippen LogP contribution in [-0.4, -0.2) is 45.8 Å². The predicted molar refractivity (Wildman–Crippen MR) is 127 cm³/mol. The van der Waals surface area contributed by atoms with E-state index in [1.54, 1.807) is 7.11 Å². The molecule has 1 N–H and O–H groups in total. The molecule has 170 valence electrons. The highest BCUT2D eigenvalue weighted by Crippen LogP contribution is 2.29. The molecule has 3 aromatic rings. The van der Waals surface area contributed by atoms with Crippen molar-refractivity contribution in [1.82, 2.24) is 9.99 Å². The first-order valence-corrected chi connectivity index (χ1v) is 11.0. The smallest absolute Gasteiger partial charge is 0.303 e. The van der Waals surface area contributed by atoms with Crippen molar-refractivity contribution >= 4 is 40.1 Å². The number of carbonyl (C=O) groups excluding carboxylic acids is 1. The van der Waals surface area contributed by atoms with E-state index in [0.717, 1.165) is 39.1 Å². The molecule has 4 rings (SSSR count). The van der Waals surface area contributed by atoms with E-state index < -0.39 is 5.97 Å². The summed E-state index contributed by atoms with van der Waals surface area (Å²) in [6.45, 7) is 1.99. The summed E-state index contributed by atoms with van der Waals surface area (Å²) in [7, 11) is 1.60. The summed E-state index contributed by atoms with van der Waals surface area (Å²) in [6, 6.07) is 15.1. The number of pyridine rings is 1. The Hall–Kier alpha value is -3.45. The van der Waals surface area contributed by atoms with Crippen LogP contribution in [0.15, 0.2) is 53.6 Å².